The van der Waals surface area contributed by atoms with Crippen LogP contribution in [0.1, 0.15) is 44.5 Å². The molecule has 0 amide bonds. The van der Waals surface area contributed by atoms with Crippen molar-refractivity contribution in [1.82, 2.24) is 0 Å². The fraction of sp³-hybridized carbons (Fsp3) is 0.0278. The molecule has 1 aromatic heterocycles. The standard InChI is InChI=1S/C72H47NO/c1-5-24-50(25-6-1)71(51-26-7-2-8-27-51)63-36-18-15-32-56(63)58-42-40-54(46-65(58)71)73(67-38-20-17-34-60(67)61-35-21-39-68-70(61)62-44-48-22-13-14-23-49(48)45-69(62)74-68)55-41-43-59-57-33-16-19-37-64(57)72(66(59)47-55,52-28-9-3-10-29-52)53-30-11-4-12-31-53/h1-47H. The normalized spacial score (nSPS) is 13.6. The van der Waals surface area contributed by atoms with Crippen molar-refractivity contribution in [1.29, 1.82) is 0 Å². The molecule has 2 nitrogen and oxygen atoms in total. The molecule has 74 heavy (non-hydrogen) atoms. The summed E-state index contributed by atoms with van der Waals surface area (Å²) in [5.41, 5.74) is 21.0. The largest absolute Gasteiger partial charge is 0.456 e. The maximum atomic E-state index is 6.75. The first-order valence-electron chi connectivity index (χ1n) is 25.7. The number of para-hydroxylation sites is 1. The molecule has 13 aromatic rings. The molecule has 0 unspecified atom stereocenters. The van der Waals surface area contributed by atoms with E-state index in [2.05, 4.69) is 290 Å². The van der Waals surface area contributed by atoms with E-state index in [4.69, 9.17) is 4.42 Å². The molecular formula is C72H47NO. The summed E-state index contributed by atoms with van der Waals surface area (Å²) in [4.78, 5) is 2.53. The number of anilines is 3. The Balaban J connectivity index is 1.04. The van der Waals surface area contributed by atoms with E-state index < -0.39 is 10.8 Å². The third-order valence-electron chi connectivity index (χ3n) is 16.2. The second-order valence-corrected chi connectivity index (χ2v) is 19.8. The van der Waals surface area contributed by atoms with Gasteiger partial charge in [-0.3, -0.25) is 0 Å². The second kappa shape index (κ2) is 16.5. The molecule has 0 saturated heterocycles. The van der Waals surface area contributed by atoms with Crippen LogP contribution in [0.3, 0.4) is 0 Å². The highest BCUT2D eigenvalue weighted by Crippen LogP contribution is 2.60. The van der Waals surface area contributed by atoms with Crippen molar-refractivity contribution in [2.24, 2.45) is 0 Å². The summed E-state index contributed by atoms with van der Waals surface area (Å²) in [5, 5.41) is 4.56. The molecule has 2 aliphatic carbocycles. The van der Waals surface area contributed by atoms with E-state index in [9.17, 15) is 0 Å². The predicted octanol–water partition coefficient (Wildman–Crippen LogP) is 18.6. The molecule has 0 atom stereocenters. The summed E-state index contributed by atoms with van der Waals surface area (Å²) in [7, 11) is 0. The van der Waals surface area contributed by atoms with Crippen LogP contribution >= 0.6 is 0 Å². The van der Waals surface area contributed by atoms with Crippen molar-refractivity contribution < 1.29 is 4.42 Å². The number of hydrogen-bond acceptors (Lipinski definition) is 2. The van der Waals surface area contributed by atoms with Gasteiger partial charge in [0, 0.05) is 27.7 Å². The van der Waals surface area contributed by atoms with Crippen molar-refractivity contribution >= 4 is 49.8 Å². The van der Waals surface area contributed by atoms with Gasteiger partial charge in [-0.15, -0.1) is 0 Å². The molecule has 0 spiro atoms. The quantitative estimate of drug-likeness (QED) is 0.151. The van der Waals surface area contributed by atoms with Crippen molar-refractivity contribution in [2.45, 2.75) is 10.8 Å². The minimum atomic E-state index is -0.588. The lowest BCUT2D eigenvalue weighted by molar-refractivity contribution is 0.669. The van der Waals surface area contributed by atoms with Crippen molar-refractivity contribution in [3.8, 4) is 33.4 Å². The van der Waals surface area contributed by atoms with E-state index in [0.29, 0.717) is 0 Å². The van der Waals surface area contributed by atoms with Crippen LogP contribution in [0, 0.1) is 0 Å². The van der Waals surface area contributed by atoms with Gasteiger partial charge in [-0.25, -0.2) is 0 Å². The maximum absolute atomic E-state index is 6.75. The van der Waals surface area contributed by atoms with Gasteiger partial charge in [-0.2, -0.15) is 0 Å². The fourth-order valence-electron chi connectivity index (χ4n) is 13.2. The van der Waals surface area contributed by atoms with Gasteiger partial charge < -0.3 is 9.32 Å². The average Bonchev–Trinajstić information content (AvgIpc) is 4.19. The van der Waals surface area contributed by atoms with Crippen LogP contribution < -0.4 is 4.90 Å². The van der Waals surface area contributed by atoms with E-state index in [-0.39, 0.29) is 0 Å². The van der Waals surface area contributed by atoms with Gasteiger partial charge in [-0.05, 0) is 132 Å². The number of rotatable bonds is 8. The van der Waals surface area contributed by atoms with Crippen LogP contribution in [-0.4, -0.2) is 0 Å². The van der Waals surface area contributed by atoms with Gasteiger partial charge in [0.25, 0.3) is 0 Å². The van der Waals surface area contributed by atoms with Crippen molar-refractivity contribution in [3.63, 3.8) is 0 Å². The first-order chi connectivity index (χ1) is 36.7. The zero-order valence-corrected chi connectivity index (χ0v) is 40.5. The van der Waals surface area contributed by atoms with E-state index >= 15 is 0 Å². The Morgan fingerprint density at radius 1 is 0.270 bits per heavy atom. The summed E-state index contributed by atoms with van der Waals surface area (Å²) in [6, 6.07) is 105. The molecule has 12 aromatic carbocycles. The number of fused-ring (bicyclic) bond motifs is 10. The van der Waals surface area contributed by atoms with Crippen LogP contribution in [0.5, 0.6) is 0 Å². The molecule has 0 N–H and O–H groups in total. The molecule has 15 rings (SSSR count). The lowest BCUT2D eigenvalue weighted by Gasteiger charge is -2.36. The van der Waals surface area contributed by atoms with Gasteiger partial charge in [0.15, 0.2) is 0 Å². The highest BCUT2D eigenvalue weighted by atomic mass is 16.3. The topological polar surface area (TPSA) is 16.4 Å². The zero-order chi connectivity index (χ0) is 48.8. The molecule has 0 saturated carbocycles. The van der Waals surface area contributed by atoms with E-state index in [1.807, 2.05) is 0 Å². The number of nitrogens with zero attached hydrogens (tertiary/aromatic N) is 1. The summed E-state index contributed by atoms with van der Waals surface area (Å²) in [6.45, 7) is 0. The number of benzene rings is 12. The minimum Gasteiger partial charge on any atom is -0.456 e. The fourth-order valence-corrected chi connectivity index (χ4v) is 13.2. The number of furan rings is 1. The van der Waals surface area contributed by atoms with Gasteiger partial charge in [-0.1, -0.05) is 237 Å². The molecule has 1 heterocycles. The van der Waals surface area contributed by atoms with Crippen LogP contribution in [0.15, 0.2) is 290 Å². The Bertz CT molecular complexity index is 4050. The molecule has 0 fully saturated rings. The number of hydrogen-bond donors (Lipinski definition) is 0. The Morgan fingerprint density at radius 2 is 0.676 bits per heavy atom. The molecule has 0 radical (unpaired) electrons. The summed E-state index contributed by atoms with van der Waals surface area (Å²) in [6.07, 6.45) is 0. The monoisotopic (exact) mass is 941 g/mol. The lowest BCUT2D eigenvalue weighted by atomic mass is 9.67. The smallest absolute Gasteiger partial charge is 0.136 e. The molecule has 0 bridgehead atoms. The summed E-state index contributed by atoms with van der Waals surface area (Å²) in [5.74, 6) is 0. The zero-order valence-electron chi connectivity index (χ0n) is 40.5. The maximum Gasteiger partial charge on any atom is 0.136 e. The highest BCUT2D eigenvalue weighted by Gasteiger charge is 2.48. The molecule has 2 aliphatic rings. The third-order valence-corrected chi connectivity index (χ3v) is 16.2. The third kappa shape index (κ3) is 6.00. The molecule has 2 heteroatoms. The van der Waals surface area contributed by atoms with Crippen LogP contribution in [0.25, 0.3) is 66.1 Å². The Morgan fingerprint density at radius 3 is 1.19 bits per heavy atom. The SMILES string of the molecule is c1ccc(C2(c3ccccc3)c3ccccc3-c3ccc(N(c4ccc5c(c4)C(c4ccccc4)(c4ccccc4)c4ccccc4-5)c4ccccc4-c4cccc5oc6cc7ccccc7cc6c45)cc32)cc1. The van der Waals surface area contributed by atoms with E-state index in [1.54, 1.807) is 0 Å². The molecular weight excluding hydrogens is 895 g/mol. The summed E-state index contributed by atoms with van der Waals surface area (Å²) >= 11 is 0. The first-order valence-corrected chi connectivity index (χ1v) is 25.7. The summed E-state index contributed by atoms with van der Waals surface area (Å²) < 4.78 is 6.75. The van der Waals surface area contributed by atoms with Gasteiger partial charge in [0.1, 0.15) is 11.2 Å². The van der Waals surface area contributed by atoms with Gasteiger partial charge in [0.05, 0.1) is 16.5 Å². The first kappa shape index (κ1) is 42.2. The van der Waals surface area contributed by atoms with Gasteiger partial charge in [0.2, 0.25) is 0 Å². The van der Waals surface area contributed by atoms with Crippen LogP contribution in [-0.2, 0) is 10.8 Å². The van der Waals surface area contributed by atoms with Crippen LogP contribution in [0.2, 0.25) is 0 Å². The Hall–Kier alpha value is -9.50. The minimum absolute atomic E-state index is 0.588. The van der Waals surface area contributed by atoms with Crippen molar-refractivity contribution in [3.05, 3.63) is 330 Å². The highest BCUT2D eigenvalue weighted by molar-refractivity contribution is 6.16. The average molecular weight is 942 g/mol. The Kier molecular flexibility index (Phi) is 9.43. The molecule has 346 valence electrons. The second-order valence-electron chi connectivity index (χ2n) is 19.8. The van der Waals surface area contributed by atoms with E-state index in [0.717, 1.165) is 55.5 Å². The van der Waals surface area contributed by atoms with Crippen molar-refractivity contribution in [2.75, 3.05) is 4.90 Å². The predicted molar refractivity (Wildman–Crippen MR) is 306 cm³/mol. The van der Waals surface area contributed by atoms with Gasteiger partial charge >= 0.3 is 0 Å². The lowest BCUT2D eigenvalue weighted by Crippen LogP contribution is -2.29. The molecule has 0 aliphatic heterocycles. The van der Waals surface area contributed by atoms with E-state index in [1.165, 1.54) is 72.1 Å². The Labute approximate surface area is 430 Å². The van der Waals surface area contributed by atoms with Crippen LogP contribution in [0.4, 0.5) is 17.1 Å².